The van der Waals surface area contributed by atoms with Gasteiger partial charge in [0, 0.05) is 51.0 Å². The van der Waals surface area contributed by atoms with Crippen LogP contribution in [0.2, 0.25) is 0 Å². The highest BCUT2D eigenvalue weighted by molar-refractivity contribution is 7.99. The number of nitrogens with zero attached hydrogens (tertiary/aromatic N) is 5. The van der Waals surface area contributed by atoms with Crippen molar-refractivity contribution in [3.8, 4) is 0 Å². The largest absolute Gasteiger partial charge is 0.368 e. The van der Waals surface area contributed by atoms with Crippen molar-refractivity contribution in [2.24, 2.45) is 7.05 Å². The van der Waals surface area contributed by atoms with E-state index in [2.05, 4.69) is 20.4 Å². The Balaban J connectivity index is 1.48. The monoisotopic (exact) mass is 388 g/mol. The van der Waals surface area contributed by atoms with E-state index in [1.807, 2.05) is 43.1 Å². The second kappa shape index (κ2) is 8.90. The highest BCUT2D eigenvalue weighted by atomic mass is 32.2. The number of nitrogens with one attached hydrogen (secondary N) is 1. The molecule has 1 fully saturated rings. The number of aromatic nitrogens is 3. The number of carbonyl (C=O) groups is 2. The molecule has 1 aliphatic heterocycles. The Hall–Kier alpha value is -2.55. The quantitative estimate of drug-likeness (QED) is 0.757. The van der Waals surface area contributed by atoms with Crippen LogP contribution in [0, 0.1) is 0 Å². The van der Waals surface area contributed by atoms with Gasteiger partial charge in [-0.3, -0.25) is 9.59 Å². The fourth-order valence-electron chi connectivity index (χ4n) is 2.92. The molecule has 0 bridgehead atoms. The minimum Gasteiger partial charge on any atom is -0.368 e. The molecule has 3 rings (SSSR count). The molecule has 0 spiro atoms. The molecule has 8 nitrogen and oxygen atoms in total. The highest BCUT2D eigenvalue weighted by Crippen LogP contribution is 2.20. The van der Waals surface area contributed by atoms with E-state index < -0.39 is 0 Å². The number of aryl methyl sites for hydroxylation is 1. The van der Waals surface area contributed by atoms with Gasteiger partial charge in [0.15, 0.2) is 5.16 Å². The lowest BCUT2D eigenvalue weighted by molar-refractivity contribution is -0.131. The fourth-order valence-corrected chi connectivity index (χ4v) is 3.61. The molecule has 2 heterocycles. The van der Waals surface area contributed by atoms with Crippen molar-refractivity contribution in [1.29, 1.82) is 0 Å². The van der Waals surface area contributed by atoms with Crippen LogP contribution in [0.4, 0.5) is 11.4 Å². The molecule has 144 valence electrons. The van der Waals surface area contributed by atoms with Gasteiger partial charge in [0.1, 0.15) is 6.33 Å². The first-order valence-corrected chi connectivity index (χ1v) is 9.95. The molecule has 2 aromatic rings. The first kappa shape index (κ1) is 19.2. The van der Waals surface area contributed by atoms with Crippen molar-refractivity contribution in [2.45, 2.75) is 18.5 Å². The summed E-state index contributed by atoms with van der Waals surface area (Å²) in [5, 5.41) is 11.3. The van der Waals surface area contributed by atoms with Crippen LogP contribution in [0.5, 0.6) is 0 Å². The van der Waals surface area contributed by atoms with Crippen molar-refractivity contribution < 1.29 is 9.59 Å². The molecule has 0 radical (unpaired) electrons. The van der Waals surface area contributed by atoms with E-state index in [-0.39, 0.29) is 17.6 Å². The summed E-state index contributed by atoms with van der Waals surface area (Å²) in [5.74, 6) is 0.413. The van der Waals surface area contributed by atoms with Crippen LogP contribution in [0.25, 0.3) is 0 Å². The van der Waals surface area contributed by atoms with Gasteiger partial charge in [-0.2, -0.15) is 0 Å². The third kappa shape index (κ3) is 5.00. The Labute approximate surface area is 162 Å². The average molecular weight is 388 g/mol. The van der Waals surface area contributed by atoms with Crippen molar-refractivity contribution in [3.05, 3.63) is 30.6 Å². The molecule has 1 aromatic carbocycles. The molecule has 1 aliphatic rings. The zero-order chi connectivity index (χ0) is 19.2. The topological polar surface area (TPSA) is 83.4 Å². The van der Waals surface area contributed by atoms with Crippen molar-refractivity contribution in [3.63, 3.8) is 0 Å². The van der Waals surface area contributed by atoms with Crippen LogP contribution < -0.4 is 10.2 Å². The number of hydrogen-bond acceptors (Lipinski definition) is 6. The first-order valence-electron chi connectivity index (χ1n) is 8.96. The van der Waals surface area contributed by atoms with Gasteiger partial charge in [-0.25, -0.2) is 0 Å². The molecule has 9 heteroatoms. The summed E-state index contributed by atoms with van der Waals surface area (Å²) in [6.45, 7) is 5.06. The molecule has 2 amide bonds. The number of anilines is 2. The van der Waals surface area contributed by atoms with Gasteiger partial charge >= 0.3 is 0 Å². The Morgan fingerprint density at radius 3 is 2.44 bits per heavy atom. The lowest BCUT2D eigenvalue weighted by Crippen LogP contribution is -2.48. The second-order valence-electron chi connectivity index (χ2n) is 6.33. The van der Waals surface area contributed by atoms with Crippen molar-refractivity contribution >= 4 is 35.0 Å². The summed E-state index contributed by atoms with van der Waals surface area (Å²) in [6, 6.07) is 7.82. The second-order valence-corrected chi connectivity index (χ2v) is 7.27. The Kier molecular flexibility index (Phi) is 6.33. The summed E-state index contributed by atoms with van der Waals surface area (Å²) in [4.78, 5) is 28.0. The lowest BCUT2D eigenvalue weighted by atomic mass is 10.2. The number of carbonyl (C=O) groups excluding carboxylic acids is 2. The maximum atomic E-state index is 12.1. The van der Waals surface area contributed by atoms with Crippen molar-refractivity contribution in [1.82, 2.24) is 19.7 Å². The molecule has 1 saturated heterocycles. The van der Waals surface area contributed by atoms with E-state index in [1.54, 1.807) is 10.9 Å². The summed E-state index contributed by atoms with van der Waals surface area (Å²) in [7, 11) is 1.84. The Morgan fingerprint density at radius 1 is 1.15 bits per heavy atom. The van der Waals surface area contributed by atoms with Crippen LogP contribution >= 0.6 is 11.8 Å². The van der Waals surface area contributed by atoms with Crippen LogP contribution in [-0.2, 0) is 16.6 Å². The van der Waals surface area contributed by atoms with E-state index in [0.29, 0.717) is 11.6 Å². The lowest BCUT2D eigenvalue weighted by Gasteiger charge is -2.36. The zero-order valence-electron chi connectivity index (χ0n) is 15.6. The predicted octanol–water partition coefficient (Wildman–Crippen LogP) is 1.60. The van der Waals surface area contributed by atoms with Crippen LogP contribution in [0.15, 0.2) is 35.7 Å². The van der Waals surface area contributed by atoms with E-state index in [0.717, 1.165) is 37.6 Å². The number of thioether (sulfide) groups is 1. The number of benzene rings is 1. The fraction of sp³-hybridized carbons (Fsp3) is 0.444. The van der Waals surface area contributed by atoms with Crippen LogP contribution in [-0.4, -0.2) is 63.4 Å². The van der Waals surface area contributed by atoms with Gasteiger partial charge in [0.25, 0.3) is 0 Å². The molecule has 27 heavy (non-hydrogen) atoms. The molecular weight excluding hydrogens is 364 g/mol. The Morgan fingerprint density at radius 2 is 1.85 bits per heavy atom. The minimum absolute atomic E-state index is 0.0811. The summed E-state index contributed by atoms with van der Waals surface area (Å²) < 4.78 is 1.78. The van der Waals surface area contributed by atoms with Gasteiger partial charge in [-0.1, -0.05) is 18.7 Å². The molecule has 0 atom stereocenters. The molecule has 1 N–H and O–H groups in total. The highest BCUT2D eigenvalue weighted by Gasteiger charge is 2.20. The van der Waals surface area contributed by atoms with Gasteiger partial charge in [0.05, 0.1) is 5.75 Å². The molecule has 0 unspecified atom stereocenters. The Bertz CT molecular complexity index is 783. The molecule has 0 saturated carbocycles. The van der Waals surface area contributed by atoms with Crippen LogP contribution in [0.1, 0.15) is 13.3 Å². The molecular formula is C18H24N6O2S. The zero-order valence-corrected chi connectivity index (χ0v) is 16.4. The maximum Gasteiger partial charge on any atom is 0.234 e. The standard InChI is InChI=1S/C18H24N6O2S/c1-3-17(26)24-10-8-23(9-11-24)15-6-4-14(5-7-15)20-16(25)12-27-18-21-19-13-22(18)2/h4-7,13H,3,8-12H2,1-2H3,(H,20,25). The van der Waals surface area contributed by atoms with E-state index >= 15 is 0 Å². The van der Waals surface area contributed by atoms with Gasteiger partial charge in [-0.05, 0) is 24.3 Å². The number of hydrogen-bond donors (Lipinski definition) is 1. The molecule has 0 aliphatic carbocycles. The predicted molar refractivity (Wildman–Crippen MR) is 106 cm³/mol. The maximum absolute atomic E-state index is 12.1. The van der Waals surface area contributed by atoms with Gasteiger partial charge in [-0.15, -0.1) is 10.2 Å². The first-order chi connectivity index (χ1) is 13.1. The summed E-state index contributed by atoms with van der Waals surface area (Å²) >= 11 is 1.35. The normalized spacial score (nSPS) is 14.3. The third-order valence-corrected chi connectivity index (χ3v) is 5.49. The van der Waals surface area contributed by atoms with Crippen LogP contribution in [0.3, 0.4) is 0 Å². The van der Waals surface area contributed by atoms with E-state index in [9.17, 15) is 9.59 Å². The summed E-state index contributed by atoms with van der Waals surface area (Å²) in [6.07, 6.45) is 2.17. The SMILES string of the molecule is CCC(=O)N1CCN(c2ccc(NC(=O)CSc3nncn3C)cc2)CC1. The third-order valence-electron chi connectivity index (χ3n) is 4.45. The minimum atomic E-state index is -0.0811. The van der Waals surface area contributed by atoms with Crippen molar-refractivity contribution in [2.75, 3.05) is 42.1 Å². The van der Waals surface area contributed by atoms with E-state index in [4.69, 9.17) is 0 Å². The average Bonchev–Trinajstić information content (AvgIpc) is 3.11. The smallest absolute Gasteiger partial charge is 0.234 e. The van der Waals surface area contributed by atoms with E-state index in [1.165, 1.54) is 11.8 Å². The van der Waals surface area contributed by atoms with Gasteiger partial charge < -0.3 is 19.7 Å². The number of amides is 2. The number of piperazine rings is 1. The van der Waals surface area contributed by atoms with Gasteiger partial charge in [0.2, 0.25) is 11.8 Å². The molecule has 1 aromatic heterocycles. The summed E-state index contributed by atoms with van der Waals surface area (Å²) in [5.41, 5.74) is 1.87. The number of rotatable bonds is 6.